The Bertz CT molecular complexity index is 2240. The average molecular weight is 1180 g/mol. The highest BCUT2D eigenvalue weighted by atomic mass is 16.3. The number of likely N-dealkylation sites (N-methyl/N-ethyl adjacent to an activating group) is 7. The topological polar surface area (TPSA) is 279 Å². The minimum absolute atomic E-state index is 0.0320. The molecule has 476 valence electrons. The Hall–Kier alpha value is -5.87. The maximum absolute atomic E-state index is 15.0. The quantitative estimate of drug-likeness (QED) is 0.168. The summed E-state index contributed by atoms with van der Waals surface area (Å²) in [7, 11) is 9.92. The van der Waals surface area contributed by atoms with Crippen LogP contribution in [0.1, 0.15) is 156 Å². The van der Waals surface area contributed by atoms with Gasteiger partial charge in [-0.2, -0.15) is 0 Å². The summed E-state index contributed by atoms with van der Waals surface area (Å²) < 4.78 is 0. The summed E-state index contributed by atoms with van der Waals surface area (Å²) in [6.07, 6.45) is -0.393. The largest absolute Gasteiger partial charge is 0.390 e. The molecular formula is C60H109N11O12. The van der Waals surface area contributed by atoms with Gasteiger partial charge < -0.3 is 60.7 Å². The molecular weight excluding hydrogens is 1070 g/mol. The second-order valence-corrected chi connectivity index (χ2v) is 25.7. The highest BCUT2D eigenvalue weighted by Crippen LogP contribution is 2.25. The fourth-order valence-corrected chi connectivity index (χ4v) is 10.4. The monoisotopic (exact) mass is 1180 g/mol. The standard InChI is InChI=1S/C60H109N11O12/c1-25-38(15)50(73)49-54(77)63-41(26-2)56(79)65(18)31-46(72)66(19)42(27-32(3)4)53(76)64-47(36(11)12)59(82)67(20)43(28-33(5)6)52(75)61-39(16)51(74)62-40(17)55(78)68(21)44(29-34(7)8)57(80)69(22)45(30-35(9)10)58(81)70(23)48(37(13)14)60(83)71(49)24/h32-45,47-50,73H,25-31H2,1-24H3,(H,61,75)(H,62,74)(H,63,77)(H,64,76)/t38-,39+,40-,41+,42+,43+,44+,45+,47+,48+,49?,50-/m1/s1. The van der Waals surface area contributed by atoms with Crippen LogP contribution < -0.4 is 21.3 Å². The van der Waals surface area contributed by atoms with Crippen molar-refractivity contribution in [2.24, 2.45) is 41.4 Å². The van der Waals surface area contributed by atoms with E-state index in [0.29, 0.717) is 6.42 Å². The van der Waals surface area contributed by atoms with Gasteiger partial charge in [-0.25, -0.2) is 0 Å². The molecule has 0 saturated carbocycles. The molecule has 0 aromatic carbocycles. The van der Waals surface area contributed by atoms with E-state index < -0.39 is 156 Å². The predicted molar refractivity (Wildman–Crippen MR) is 319 cm³/mol. The summed E-state index contributed by atoms with van der Waals surface area (Å²) in [5, 5.41) is 22.8. The first-order chi connectivity index (χ1) is 38.2. The van der Waals surface area contributed by atoms with E-state index in [-0.39, 0.29) is 55.8 Å². The van der Waals surface area contributed by atoms with Crippen molar-refractivity contribution in [3.05, 3.63) is 0 Å². The first-order valence-corrected chi connectivity index (χ1v) is 30.0. The Kier molecular flexibility index (Phi) is 30.4. The third-order valence-electron chi connectivity index (χ3n) is 16.0. The van der Waals surface area contributed by atoms with Crippen LogP contribution in [0.3, 0.4) is 0 Å². The van der Waals surface area contributed by atoms with E-state index in [2.05, 4.69) is 21.3 Å². The van der Waals surface area contributed by atoms with Crippen molar-refractivity contribution >= 4 is 65.0 Å². The molecule has 11 amide bonds. The van der Waals surface area contributed by atoms with Gasteiger partial charge in [-0.15, -0.1) is 0 Å². The molecule has 0 bridgehead atoms. The summed E-state index contributed by atoms with van der Waals surface area (Å²) in [5.41, 5.74) is 0. The fraction of sp³-hybridized carbons (Fsp3) is 0.817. The summed E-state index contributed by atoms with van der Waals surface area (Å²) in [5.74, 6) is -9.56. The number of hydrogen-bond donors (Lipinski definition) is 5. The molecule has 1 rings (SSSR count). The zero-order chi connectivity index (χ0) is 64.6. The lowest BCUT2D eigenvalue weighted by atomic mass is 9.92. The third kappa shape index (κ3) is 20.7. The molecule has 23 heteroatoms. The molecule has 83 heavy (non-hydrogen) atoms. The average Bonchev–Trinajstić information content (AvgIpc) is 3.51. The molecule has 1 saturated heterocycles. The Labute approximate surface area is 496 Å². The number of nitrogens with zero attached hydrogens (tertiary/aromatic N) is 7. The van der Waals surface area contributed by atoms with Crippen LogP contribution in [0.15, 0.2) is 0 Å². The third-order valence-corrected chi connectivity index (χ3v) is 16.0. The van der Waals surface area contributed by atoms with Gasteiger partial charge in [0.25, 0.3) is 0 Å². The number of nitrogens with one attached hydrogen (secondary N) is 4. The van der Waals surface area contributed by atoms with Crippen LogP contribution in [0.4, 0.5) is 0 Å². The molecule has 12 atom stereocenters. The first-order valence-electron chi connectivity index (χ1n) is 30.0. The minimum atomic E-state index is -1.58. The Morgan fingerprint density at radius 1 is 0.422 bits per heavy atom. The SMILES string of the molecule is CC[C@@H]1NC(=O)C([C@H](O)[C@H](C)CC)N(C)C(=O)[C@H](C(C)C)N(C)C(=O)[C@H](CC(C)C)N(C)C(=O)[C@H](CC(C)C)N(C)C(=O)[C@@H](C)NC(=O)[C@H](C)NC(=O)[C@H](CC(C)C)N(C)C(=O)[C@H](C(C)C)NC(=O)[C@H](CC(C)C)N(C)C(=O)CN(C)C1=O. The van der Waals surface area contributed by atoms with Crippen molar-refractivity contribution in [2.75, 3.05) is 55.9 Å². The number of rotatable bonds is 14. The van der Waals surface area contributed by atoms with Gasteiger partial charge in [0.15, 0.2) is 0 Å². The van der Waals surface area contributed by atoms with Gasteiger partial charge in [0, 0.05) is 49.3 Å². The molecule has 1 fully saturated rings. The van der Waals surface area contributed by atoms with Crippen molar-refractivity contribution in [3.8, 4) is 0 Å². The van der Waals surface area contributed by atoms with Gasteiger partial charge in [0.05, 0.1) is 12.6 Å². The zero-order valence-corrected chi connectivity index (χ0v) is 54.9. The Morgan fingerprint density at radius 2 is 0.819 bits per heavy atom. The smallest absolute Gasteiger partial charge is 0.246 e. The predicted octanol–water partition coefficient (Wildman–Crippen LogP) is 2.71. The lowest BCUT2D eigenvalue weighted by Gasteiger charge is -2.41. The number of carbonyl (C=O) groups is 11. The molecule has 0 aromatic rings. The normalized spacial score (nSPS) is 27.2. The molecule has 1 unspecified atom stereocenters. The second kappa shape index (κ2) is 33.6. The van der Waals surface area contributed by atoms with Crippen molar-refractivity contribution in [1.29, 1.82) is 0 Å². The first kappa shape index (κ1) is 75.1. The minimum Gasteiger partial charge on any atom is -0.390 e. The highest BCUT2D eigenvalue weighted by Gasteiger charge is 2.45. The highest BCUT2D eigenvalue weighted by molar-refractivity contribution is 5.99. The van der Waals surface area contributed by atoms with E-state index in [1.807, 2.05) is 62.3 Å². The van der Waals surface area contributed by atoms with Gasteiger partial charge in [-0.3, -0.25) is 52.7 Å². The van der Waals surface area contributed by atoms with Crippen LogP contribution in [0.25, 0.3) is 0 Å². The zero-order valence-electron chi connectivity index (χ0n) is 54.9. The molecule has 1 heterocycles. The Balaban J connectivity index is 4.28. The lowest BCUT2D eigenvalue weighted by molar-refractivity contribution is -0.157. The summed E-state index contributed by atoms with van der Waals surface area (Å²) in [4.78, 5) is 168. The van der Waals surface area contributed by atoms with Gasteiger partial charge in [-0.1, -0.05) is 110 Å². The molecule has 0 radical (unpaired) electrons. The molecule has 0 spiro atoms. The number of aliphatic hydroxyl groups excluding tert-OH is 1. The van der Waals surface area contributed by atoms with E-state index in [4.69, 9.17) is 0 Å². The van der Waals surface area contributed by atoms with Crippen LogP contribution in [0.2, 0.25) is 0 Å². The number of aliphatic hydroxyl groups is 1. The van der Waals surface area contributed by atoms with Crippen LogP contribution in [-0.2, 0) is 52.7 Å². The van der Waals surface area contributed by atoms with Gasteiger partial charge in [0.1, 0.15) is 60.4 Å². The van der Waals surface area contributed by atoms with E-state index in [1.165, 1.54) is 87.7 Å². The number of hydrogen-bond acceptors (Lipinski definition) is 12. The lowest BCUT2D eigenvalue weighted by Crippen LogP contribution is -2.63. The van der Waals surface area contributed by atoms with Crippen molar-refractivity contribution < 1.29 is 57.8 Å². The van der Waals surface area contributed by atoms with E-state index in [9.17, 15) is 48.3 Å². The van der Waals surface area contributed by atoms with Crippen LogP contribution in [0.5, 0.6) is 0 Å². The van der Waals surface area contributed by atoms with Gasteiger partial charge >= 0.3 is 0 Å². The van der Waals surface area contributed by atoms with Crippen molar-refractivity contribution in [3.63, 3.8) is 0 Å². The molecule has 5 N–H and O–H groups in total. The number of amides is 11. The van der Waals surface area contributed by atoms with Crippen molar-refractivity contribution in [2.45, 2.75) is 223 Å². The van der Waals surface area contributed by atoms with Crippen LogP contribution in [-0.4, -0.2) is 227 Å². The maximum atomic E-state index is 15.0. The van der Waals surface area contributed by atoms with Crippen LogP contribution >= 0.6 is 0 Å². The number of carbonyl (C=O) groups excluding carboxylic acids is 11. The molecule has 1 aliphatic heterocycles. The molecule has 1 aliphatic rings. The van der Waals surface area contributed by atoms with E-state index in [0.717, 1.165) is 9.80 Å². The fourth-order valence-electron chi connectivity index (χ4n) is 10.4. The van der Waals surface area contributed by atoms with E-state index >= 15 is 9.59 Å². The molecule has 23 nitrogen and oxygen atoms in total. The summed E-state index contributed by atoms with van der Waals surface area (Å²) in [6, 6.07) is -12.2. The van der Waals surface area contributed by atoms with Gasteiger partial charge in [-0.05, 0) is 87.4 Å². The summed E-state index contributed by atoms with van der Waals surface area (Å²) >= 11 is 0. The molecule has 0 aromatic heterocycles. The Morgan fingerprint density at radius 3 is 1.25 bits per heavy atom. The van der Waals surface area contributed by atoms with Crippen LogP contribution in [0, 0.1) is 41.4 Å². The van der Waals surface area contributed by atoms with Crippen molar-refractivity contribution in [1.82, 2.24) is 55.6 Å². The maximum Gasteiger partial charge on any atom is 0.246 e. The second-order valence-electron chi connectivity index (χ2n) is 25.7. The van der Waals surface area contributed by atoms with E-state index in [1.54, 1.807) is 41.5 Å². The molecule has 0 aliphatic carbocycles. The summed E-state index contributed by atoms with van der Waals surface area (Å²) in [6.45, 7) is 29.3. The van der Waals surface area contributed by atoms with Gasteiger partial charge in [0.2, 0.25) is 65.0 Å².